The molecule has 0 heterocycles. The molecule has 8 heteroatoms. The molecular weight excluding hydrogens is 421 g/mol. The van der Waals surface area contributed by atoms with Crippen LogP contribution in [0.1, 0.15) is 11.1 Å². The summed E-state index contributed by atoms with van der Waals surface area (Å²) in [7, 11) is -1.53. The van der Waals surface area contributed by atoms with Gasteiger partial charge in [0.1, 0.15) is 5.82 Å². The SMILES string of the molecule is CN=C(NCCc1ccc(S(C)(=O)=O)cc1)NCc1ccc(Br)cc1F. The lowest BCUT2D eigenvalue weighted by Gasteiger charge is -2.12. The minimum Gasteiger partial charge on any atom is -0.356 e. The summed E-state index contributed by atoms with van der Waals surface area (Å²) in [6.45, 7) is 0.933. The summed E-state index contributed by atoms with van der Waals surface area (Å²) in [6, 6.07) is 11.7. The largest absolute Gasteiger partial charge is 0.356 e. The van der Waals surface area contributed by atoms with Gasteiger partial charge in [-0.05, 0) is 36.2 Å². The van der Waals surface area contributed by atoms with E-state index in [2.05, 4.69) is 31.6 Å². The van der Waals surface area contributed by atoms with Crippen molar-refractivity contribution in [2.24, 2.45) is 4.99 Å². The molecule has 0 aliphatic carbocycles. The molecule has 0 aromatic heterocycles. The van der Waals surface area contributed by atoms with Gasteiger partial charge in [0.2, 0.25) is 0 Å². The van der Waals surface area contributed by atoms with Crippen LogP contribution in [-0.2, 0) is 22.8 Å². The molecule has 5 nitrogen and oxygen atoms in total. The fraction of sp³-hybridized carbons (Fsp3) is 0.278. The third kappa shape index (κ3) is 6.10. The van der Waals surface area contributed by atoms with E-state index in [1.54, 1.807) is 43.4 Å². The zero-order chi connectivity index (χ0) is 19.2. The van der Waals surface area contributed by atoms with Crippen molar-refractivity contribution in [2.45, 2.75) is 17.9 Å². The number of hydrogen-bond donors (Lipinski definition) is 2. The van der Waals surface area contributed by atoms with Gasteiger partial charge in [0.05, 0.1) is 4.90 Å². The standard InChI is InChI=1S/C18H21BrFN3O2S/c1-21-18(23-12-14-5-6-15(19)11-17(14)20)22-10-9-13-3-7-16(8-4-13)26(2,24)25/h3-8,11H,9-10,12H2,1-2H3,(H2,21,22,23). The molecular formula is C18H21BrFN3O2S. The van der Waals surface area contributed by atoms with Gasteiger partial charge in [-0.3, -0.25) is 4.99 Å². The Hall–Kier alpha value is -1.93. The zero-order valence-corrected chi connectivity index (χ0v) is 17.0. The normalized spacial score (nSPS) is 12.1. The Morgan fingerprint density at radius 3 is 2.42 bits per heavy atom. The second-order valence-corrected chi connectivity index (χ2v) is 8.69. The molecule has 0 fully saturated rings. The van der Waals surface area contributed by atoms with Crippen molar-refractivity contribution < 1.29 is 12.8 Å². The van der Waals surface area contributed by atoms with Crippen molar-refractivity contribution in [3.63, 3.8) is 0 Å². The molecule has 0 aliphatic rings. The number of guanidine groups is 1. The molecule has 0 aliphatic heterocycles. The molecule has 26 heavy (non-hydrogen) atoms. The maximum atomic E-state index is 13.8. The molecule has 0 spiro atoms. The summed E-state index contributed by atoms with van der Waals surface area (Å²) >= 11 is 3.23. The van der Waals surface area contributed by atoms with Gasteiger partial charge in [-0.2, -0.15) is 0 Å². The Labute approximate surface area is 161 Å². The molecule has 0 unspecified atom stereocenters. The van der Waals surface area contributed by atoms with Gasteiger partial charge >= 0.3 is 0 Å². The van der Waals surface area contributed by atoms with Crippen molar-refractivity contribution in [2.75, 3.05) is 19.8 Å². The Morgan fingerprint density at radius 1 is 1.15 bits per heavy atom. The van der Waals surface area contributed by atoms with E-state index in [1.165, 1.54) is 12.3 Å². The van der Waals surface area contributed by atoms with Crippen molar-refractivity contribution in [1.29, 1.82) is 0 Å². The summed E-state index contributed by atoms with van der Waals surface area (Å²) in [4.78, 5) is 4.42. The van der Waals surface area contributed by atoms with E-state index in [9.17, 15) is 12.8 Å². The number of nitrogens with one attached hydrogen (secondary N) is 2. The fourth-order valence-electron chi connectivity index (χ4n) is 2.29. The highest BCUT2D eigenvalue weighted by molar-refractivity contribution is 9.10. The first-order chi connectivity index (χ1) is 12.3. The van der Waals surface area contributed by atoms with E-state index < -0.39 is 9.84 Å². The summed E-state index contributed by atoms with van der Waals surface area (Å²) in [5.74, 6) is 0.286. The Kier molecular flexibility index (Phi) is 7.16. The Bertz CT molecular complexity index is 884. The maximum absolute atomic E-state index is 13.8. The summed E-state index contributed by atoms with van der Waals surface area (Å²) < 4.78 is 37.4. The van der Waals surface area contributed by atoms with Crippen LogP contribution in [0.4, 0.5) is 4.39 Å². The predicted molar refractivity (Wildman–Crippen MR) is 106 cm³/mol. The molecule has 2 N–H and O–H groups in total. The van der Waals surface area contributed by atoms with Crippen LogP contribution in [0.3, 0.4) is 0 Å². The number of nitrogens with zero attached hydrogens (tertiary/aromatic N) is 1. The van der Waals surface area contributed by atoms with Crippen LogP contribution < -0.4 is 10.6 Å². The lowest BCUT2D eigenvalue weighted by molar-refractivity contribution is 0.601. The average Bonchev–Trinajstić information content (AvgIpc) is 2.59. The summed E-state index contributed by atoms with van der Waals surface area (Å²) in [5.41, 5.74) is 1.56. The molecule has 2 aromatic carbocycles. The zero-order valence-electron chi connectivity index (χ0n) is 14.6. The molecule has 0 radical (unpaired) electrons. The molecule has 140 valence electrons. The molecule has 0 amide bonds. The quantitative estimate of drug-likeness (QED) is 0.533. The average molecular weight is 442 g/mol. The van der Waals surface area contributed by atoms with Gasteiger partial charge in [0.25, 0.3) is 0 Å². The third-order valence-corrected chi connectivity index (χ3v) is 5.36. The van der Waals surface area contributed by atoms with Crippen LogP contribution in [0.25, 0.3) is 0 Å². The van der Waals surface area contributed by atoms with E-state index in [1.807, 2.05) is 0 Å². The van der Waals surface area contributed by atoms with Crippen LogP contribution in [0.2, 0.25) is 0 Å². The molecule has 0 saturated heterocycles. The molecule has 2 rings (SSSR count). The smallest absolute Gasteiger partial charge is 0.191 e. The number of halogens is 2. The lowest BCUT2D eigenvalue weighted by atomic mass is 10.1. The number of rotatable bonds is 6. The van der Waals surface area contributed by atoms with Gasteiger partial charge in [0.15, 0.2) is 15.8 Å². The van der Waals surface area contributed by atoms with Crippen LogP contribution >= 0.6 is 15.9 Å². The Balaban J connectivity index is 1.83. The first-order valence-electron chi connectivity index (χ1n) is 7.97. The van der Waals surface area contributed by atoms with E-state index in [0.29, 0.717) is 40.4 Å². The molecule has 2 aromatic rings. The number of hydrogen-bond acceptors (Lipinski definition) is 3. The summed E-state index contributed by atoms with van der Waals surface area (Å²) in [5, 5.41) is 6.22. The van der Waals surface area contributed by atoms with Crippen molar-refractivity contribution in [3.05, 3.63) is 63.9 Å². The minimum absolute atomic E-state index is 0.284. The second-order valence-electron chi connectivity index (χ2n) is 5.75. The van der Waals surface area contributed by atoms with Crippen LogP contribution in [0, 0.1) is 5.82 Å². The van der Waals surface area contributed by atoms with Gasteiger partial charge in [-0.15, -0.1) is 0 Å². The van der Waals surface area contributed by atoms with E-state index in [0.717, 1.165) is 5.56 Å². The fourth-order valence-corrected chi connectivity index (χ4v) is 3.26. The van der Waals surface area contributed by atoms with E-state index in [-0.39, 0.29) is 5.82 Å². The molecule has 0 saturated carbocycles. The third-order valence-electron chi connectivity index (χ3n) is 3.74. The first kappa shape index (κ1) is 20.4. The monoisotopic (exact) mass is 441 g/mol. The number of aliphatic imine (C=N–C) groups is 1. The van der Waals surface area contributed by atoms with Crippen LogP contribution in [-0.4, -0.2) is 34.2 Å². The highest BCUT2D eigenvalue weighted by Crippen LogP contribution is 2.15. The van der Waals surface area contributed by atoms with Crippen molar-refractivity contribution in [1.82, 2.24) is 10.6 Å². The second kappa shape index (κ2) is 9.14. The lowest BCUT2D eigenvalue weighted by Crippen LogP contribution is -2.38. The van der Waals surface area contributed by atoms with Crippen LogP contribution in [0.15, 0.2) is 56.8 Å². The number of sulfone groups is 1. The highest BCUT2D eigenvalue weighted by Gasteiger charge is 2.07. The number of benzene rings is 2. The van der Waals surface area contributed by atoms with E-state index >= 15 is 0 Å². The van der Waals surface area contributed by atoms with Crippen molar-refractivity contribution in [3.8, 4) is 0 Å². The molecule has 0 atom stereocenters. The van der Waals surface area contributed by atoms with Crippen molar-refractivity contribution >= 4 is 31.7 Å². The first-order valence-corrected chi connectivity index (χ1v) is 10.7. The molecule has 0 bridgehead atoms. The van der Waals surface area contributed by atoms with Gasteiger partial charge in [0, 0.05) is 36.4 Å². The predicted octanol–water partition coefficient (Wildman–Crippen LogP) is 2.90. The van der Waals surface area contributed by atoms with Crippen LogP contribution in [0.5, 0.6) is 0 Å². The van der Waals surface area contributed by atoms with Gasteiger partial charge in [-0.1, -0.05) is 34.1 Å². The van der Waals surface area contributed by atoms with Gasteiger partial charge in [-0.25, -0.2) is 12.8 Å². The maximum Gasteiger partial charge on any atom is 0.191 e. The highest BCUT2D eigenvalue weighted by atomic mass is 79.9. The minimum atomic E-state index is -3.18. The summed E-state index contributed by atoms with van der Waals surface area (Å²) in [6.07, 6.45) is 1.89. The van der Waals surface area contributed by atoms with E-state index in [4.69, 9.17) is 0 Å². The van der Waals surface area contributed by atoms with Gasteiger partial charge < -0.3 is 10.6 Å². The Morgan fingerprint density at radius 2 is 1.85 bits per heavy atom. The topological polar surface area (TPSA) is 70.6 Å².